The number of fused-ring (bicyclic) bond motifs is 1. The molecule has 3 N–H and O–H groups in total. The highest BCUT2D eigenvalue weighted by atomic mass is 16.5. The molecule has 4 rings (SSSR count). The third-order valence-corrected chi connectivity index (χ3v) is 5.32. The summed E-state index contributed by atoms with van der Waals surface area (Å²) < 4.78 is 11.1. The summed E-state index contributed by atoms with van der Waals surface area (Å²) in [5.41, 5.74) is 1.22. The quantitative estimate of drug-likeness (QED) is 0.670. The Kier molecular flexibility index (Phi) is 4.53. The van der Waals surface area contributed by atoms with E-state index in [1.807, 2.05) is 0 Å². The average molecular weight is 356 g/mol. The molecule has 2 aliphatic rings. The molecule has 136 valence electrons. The van der Waals surface area contributed by atoms with Crippen molar-refractivity contribution in [1.82, 2.24) is 0 Å². The van der Waals surface area contributed by atoms with E-state index >= 15 is 0 Å². The Labute approximate surface area is 152 Å². The summed E-state index contributed by atoms with van der Waals surface area (Å²) in [5.74, 6) is 1.31. The monoisotopic (exact) mass is 356 g/mol. The van der Waals surface area contributed by atoms with Gasteiger partial charge in [-0.05, 0) is 31.2 Å². The zero-order valence-corrected chi connectivity index (χ0v) is 14.9. The third-order valence-electron chi connectivity index (χ3n) is 5.32. The Bertz CT molecular complexity index is 834. The largest absolute Gasteiger partial charge is 0.507 e. The van der Waals surface area contributed by atoms with E-state index in [2.05, 4.69) is 6.92 Å². The van der Waals surface area contributed by atoms with Gasteiger partial charge in [-0.25, -0.2) is 0 Å². The lowest BCUT2D eigenvalue weighted by Gasteiger charge is -2.29. The first-order valence-electron chi connectivity index (χ1n) is 9.15. The van der Waals surface area contributed by atoms with Gasteiger partial charge in [0.15, 0.2) is 11.5 Å². The van der Waals surface area contributed by atoms with Crippen LogP contribution in [0.15, 0.2) is 40.7 Å². The van der Waals surface area contributed by atoms with Crippen LogP contribution in [0.3, 0.4) is 0 Å². The van der Waals surface area contributed by atoms with Crippen molar-refractivity contribution in [3.8, 4) is 11.5 Å². The van der Waals surface area contributed by atoms with Gasteiger partial charge in [-0.3, -0.25) is 4.79 Å². The summed E-state index contributed by atoms with van der Waals surface area (Å²) in [6, 6.07) is 6.76. The lowest BCUT2D eigenvalue weighted by molar-refractivity contribution is -1.02. The van der Waals surface area contributed by atoms with Gasteiger partial charge in [0, 0.05) is 6.08 Å². The molecular weight excluding hydrogens is 332 g/mol. The molecule has 0 bridgehead atoms. The summed E-state index contributed by atoms with van der Waals surface area (Å²) in [6.07, 6.45) is 3.15. The highest BCUT2D eigenvalue weighted by molar-refractivity contribution is 6.14. The predicted molar refractivity (Wildman–Crippen MR) is 95.4 cm³/mol. The number of ether oxygens (including phenoxy) is 1. The average Bonchev–Trinajstić information content (AvgIpc) is 3.27. The van der Waals surface area contributed by atoms with Crippen molar-refractivity contribution in [3.63, 3.8) is 0 Å². The fourth-order valence-electron chi connectivity index (χ4n) is 3.71. The Hall–Kier alpha value is -2.57. The maximum atomic E-state index is 12.6. The molecule has 1 aromatic heterocycles. The molecule has 1 aromatic carbocycles. The summed E-state index contributed by atoms with van der Waals surface area (Å²) in [5, 5.41) is 10.4. The minimum absolute atomic E-state index is 0.173. The van der Waals surface area contributed by atoms with E-state index in [9.17, 15) is 9.90 Å². The molecule has 0 unspecified atom stereocenters. The number of quaternary nitrogens is 2. The first kappa shape index (κ1) is 16.9. The molecule has 2 aromatic rings. The van der Waals surface area contributed by atoms with E-state index in [0.717, 1.165) is 32.7 Å². The lowest BCUT2D eigenvalue weighted by Crippen LogP contribution is -3.27. The molecule has 0 radical (unpaired) electrons. The molecule has 1 fully saturated rings. The molecule has 0 atom stereocenters. The number of phenolic OH excluding ortho intramolecular Hbond substituents is 1. The zero-order valence-electron chi connectivity index (χ0n) is 14.9. The molecule has 6 nitrogen and oxygen atoms in total. The molecule has 1 saturated heterocycles. The van der Waals surface area contributed by atoms with E-state index in [1.54, 1.807) is 41.5 Å². The van der Waals surface area contributed by atoms with Crippen LogP contribution in [-0.4, -0.2) is 43.6 Å². The van der Waals surface area contributed by atoms with Crippen molar-refractivity contribution in [3.05, 3.63) is 53.2 Å². The number of carbonyl (C=O) groups excluding carboxylic acids is 1. The van der Waals surface area contributed by atoms with Crippen LogP contribution in [-0.2, 0) is 6.54 Å². The van der Waals surface area contributed by atoms with Crippen molar-refractivity contribution < 1.29 is 28.9 Å². The van der Waals surface area contributed by atoms with Gasteiger partial charge in [0.1, 0.15) is 44.2 Å². The Balaban J connectivity index is 1.58. The van der Waals surface area contributed by atoms with E-state index in [0.29, 0.717) is 29.2 Å². The number of piperazine rings is 1. The second-order valence-electron chi connectivity index (χ2n) is 6.93. The Morgan fingerprint density at radius 2 is 1.92 bits per heavy atom. The molecule has 0 spiro atoms. The Morgan fingerprint density at radius 3 is 2.62 bits per heavy atom. The summed E-state index contributed by atoms with van der Waals surface area (Å²) in [6.45, 7) is 8.38. The number of likely N-dealkylation sites (N-methyl/N-ethyl adjacent to an activating group) is 1. The normalized spacial score (nSPS) is 23.9. The second kappa shape index (κ2) is 6.97. The van der Waals surface area contributed by atoms with E-state index in [-0.39, 0.29) is 17.3 Å². The van der Waals surface area contributed by atoms with Crippen molar-refractivity contribution in [2.75, 3.05) is 32.7 Å². The standard InChI is InChI=1S/C20H22N2O4/c1-2-21-7-9-22(10-8-21)13-16-17(23)6-5-15-19(24)18(26-20(15)16)12-14-4-3-11-25-14/h3-6,11-12,23H,2,7-10,13H2,1H3/p+2/b18-12+. The number of phenols is 1. The van der Waals surface area contributed by atoms with Crippen LogP contribution in [0.2, 0.25) is 0 Å². The molecule has 0 aliphatic carbocycles. The first-order chi connectivity index (χ1) is 12.7. The van der Waals surface area contributed by atoms with E-state index in [1.165, 1.54) is 4.90 Å². The van der Waals surface area contributed by atoms with Crippen LogP contribution in [0.25, 0.3) is 6.08 Å². The molecule has 0 saturated carbocycles. The zero-order chi connectivity index (χ0) is 18.1. The highest BCUT2D eigenvalue weighted by Crippen LogP contribution is 2.39. The predicted octanol–water partition coefficient (Wildman–Crippen LogP) is -0.0953. The first-order valence-corrected chi connectivity index (χ1v) is 9.15. The van der Waals surface area contributed by atoms with Crippen LogP contribution in [0.4, 0.5) is 0 Å². The number of carbonyl (C=O) groups is 1. The van der Waals surface area contributed by atoms with Crippen LogP contribution in [0, 0.1) is 0 Å². The van der Waals surface area contributed by atoms with E-state index in [4.69, 9.17) is 9.15 Å². The molecule has 26 heavy (non-hydrogen) atoms. The number of hydrogen-bond acceptors (Lipinski definition) is 4. The van der Waals surface area contributed by atoms with Gasteiger partial charge in [-0.1, -0.05) is 0 Å². The van der Waals surface area contributed by atoms with Gasteiger partial charge < -0.3 is 24.1 Å². The molecular formula is C20H24N2O4+2. The summed E-state index contributed by atoms with van der Waals surface area (Å²) in [4.78, 5) is 15.7. The number of rotatable bonds is 4. The van der Waals surface area contributed by atoms with Crippen LogP contribution < -0.4 is 14.5 Å². The van der Waals surface area contributed by atoms with Crippen molar-refractivity contribution in [2.24, 2.45) is 0 Å². The summed E-state index contributed by atoms with van der Waals surface area (Å²) >= 11 is 0. The van der Waals surface area contributed by atoms with Gasteiger partial charge in [0.2, 0.25) is 5.78 Å². The van der Waals surface area contributed by atoms with Crippen LogP contribution in [0.1, 0.15) is 28.6 Å². The highest BCUT2D eigenvalue weighted by Gasteiger charge is 2.33. The van der Waals surface area contributed by atoms with E-state index < -0.39 is 0 Å². The lowest BCUT2D eigenvalue weighted by atomic mass is 10.0. The molecule has 6 heteroatoms. The smallest absolute Gasteiger partial charge is 0.232 e. The number of Topliss-reactive ketones (excluding diaryl/α,β-unsaturated/α-hetero) is 1. The van der Waals surface area contributed by atoms with Gasteiger partial charge in [0.05, 0.1) is 23.9 Å². The van der Waals surface area contributed by atoms with Crippen LogP contribution in [0.5, 0.6) is 11.5 Å². The van der Waals surface area contributed by atoms with Gasteiger partial charge in [-0.2, -0.15) is 0 Å². The molecule has 2 aliphatic heterocycles. The second-order valence-corrected chi connectivity index (χ2v) is 6.93. The fraction of sp³-hybridized carbons (Fsp3) is 0.350. The minimum atomic E-state index is -0.173. The minimum Gasteiger partial charge on any atom is -0.507 e. The SMILES string of the molecule is CC[NH+]1CC[NH+](Cc2c(O)ccc3c2O/C(=C/c2ccco2)C3=O)CC1. The maximum Gasteiger partial charge on any atom is 0.232 e. The Morgan fingerprint density at radius 1 is 1.15 bits per heavy atom. The summed E-state index contributed by atoms with van der Waals surface area (Å²) in [7, 11) is 0. The van der Waals surface area contributed by atoms with Crippen LogP contribution >= 0.6 is 0 Å². The number of nitrogens with one attached hydrogen (secondary N) is 2. The number of aromatic hydroxyl groups is 1. The number of allylic oxidation sites excluding steroid dienone is 1. The molecule has 3 heterocycles. The van der Waals surface area contributed by atoms with Crippen molar-refractivity contribution in [2.45, 2.75) is 13.5 Å². The third kappa shape index (κ3) is 3.13. The maximum absolute atomic E-state index is 12.6. The van der Waals surface area contributed by atoms with Crippen molar-refractivity contribution in [1.29, 1.82) is 0 Å². The van der Waals surface area contributed by atoms with Gasteiger partial charge in [0.25, 0.3) is 0 Å². The number of furan rings is 1. The number of benzene rings is 1. The van der Waals surface area contributed by atoms with Gasteiger partial charge in [-0.15, -0.1) is 0 Å². The molecule has 0 amide bonds. The number of hydrogen-bond donors (Lipinski definition) is 3. The topological polar surface area (TPSA) is 68.6 Å². The number of ketones is 1. The van der Waals surface area contributed by atoms with Crippen molar-refractivity contribution >= 4 is 11.9 Å². The fourth-order valence-corrected chi connectivity index (χ4v) is 3.71. The van der Waals surface area contributed by atoms with Gasteiger partial charge >= 0.3 is 0 Å².